The van der Waals surface area contributed by atoms with Crippen LogP contribution < -0.4 is 5.56 Å². The van der Waals surface area contributed by atoms with Gasteiger partial charge < -0.3 is 4.42 Å². The smallest absolute Gasteiger partial charge is 0.299 e. The highest BCUT2D eigenvalue weighted by molar-refractivity contribution is 6.31. The summed E-state index contributed by atoms with van der Waals surface area (Å²) in [5.74, 6) is 0. The molecule has 0 atom stereocenters. The molecule has 0 saturated heterocycles. The molecule has 1 aromatic carbocycles. The van der Waals surface area contributed by atoms with Crippen LogP contribution in [0.3, 0.4) is 0 Å². The van der Waals surface area contributed by atoms with E-state index in [0.29, 0.717) is 16.3 Å². The molecule has 0 bridgehead atoms. The minimum Gasteiger partial charge on any atom is -0.458 e. The van der Waals surface area contributed by atoms with Crippen molar-refractivity contribution in [3.8, 4) is 5.69 Å². The lowest BCUT2D eigenvalue weighted by atomic mass is 10.1. The van der Waals surface area contributed by atoms with Gasteiger partial charge in [-0.15, -0.1) is 0 Å². The van der Waals surface area contributed by atoms with Crippen molar-refractivity contribution in [2.75, 3.05) is 0 Å². The Bertz CT molecular complexity index is 1020. The summed E-state index contributed by atoms with van der Waals surface area (Å²) in [7, 11) is 0. The maximum atomic E-state index is 12.7. The number of hydrogen-bond acceptors (Lipinski definition) is 3. The average molecular weight is 297 g/mol. The Labute approximate surface area is 124 Å². The van der Waals surface area contributed by atoms with E-state index in [1.54, 1.807) is 41.2 Å². The lowest BCUT2D eigenvalue weighted by Gasteiger charge is -2.10. The van der Waals surface area contributed by atoms with Crippen LogP contribution in [0.1, 0.15) is 0 Å². The van der Waals surface area contributed by atoms with E-state index >= 15 is 0 Å². The van der Waals surface area contributed by atoms with Gasteiger partial charge in [-0.2, -0.15) is 0 Å². The zero-order chi connectivity index (χ0) is 14.4. The molecule has 0 spiro atoms. The first-order chi connectivity index (χ1) is 10.3. The van der Waals surface area contributed by atoms with Crippen molar-refractivity contribution in [1.82, 2.24) is 9.55 Å². The van der Waals surface area contributed by atoms with Crippen LogP contribution >= 0.6 is 11.6 Å². The van der Waals surface area contributed by atoms with Crippen molar-refractivity contribution >= 4 is 33.5 Å². The van der Waals surface area contributed by atoms with Crippen LogP contribution in [0.4, 0.5) is 0 Å². The largest absolute Gasteiger partial charge is 0.458 e. The Morgan fingerprint density at radius 2 is 2.05 bits per heavy atom. The first-order valence-electron chi connectivity index (χ1n) is 6.37. The number of nitrogens with zero attached hydrogens (tertiary/aromatic N) is 2. The monoisotopic (exact) mass is 296 g/mol. The fourth-order valence-corrected chi connectivity index (χ4v) is 2.72. The highest BCUT2D eigenvalue weighted by Gasteiger charge is 2.14. The highest BCUT2D eigenvalue weighted by atomic mass is 35.5. The van der Waals surface area contributed by atoms with Gasteiger partial charge in [0.25, 0.3) is 5.56 Å². The number of furan rings is 1. The molecule has 102 valence electrons. The van der Waals surface area contributed by atoms with E-state index in [0.717, 1.165) is 16.3 Å². The molecule has 4 nitrogen and oxygen atoms in total. The fraction of sp³-hybridized carbons (Fsp3) is 0. The molecule has 3 heterocycles. The van der Waals surface area contributed by atoms with Gasteiger partial charge in [0.05, 0.1) is 23.7 Å². The second kappa shape index (κ2) is 4.46. The third-order valence-electron chi connectivity index (χ3n) is 3.46. The molecule has 0 aliphatic carbocycles. The van der Waals surface area contributed by atoms with Gasteiger partial charge in [0, 0.05) is 22.0 Å². The van der Waals surface area contributed by atoms with Gasteiger partial charge in [-0.05, 0) is 30.3 Å². The van der Waals surface area contributed by atoms with E-state index < -0.39 is 0 Å². The molecular weight excluding hydrogens is 288 g/mol. The number of hydrogen-bond donors (Lipinski definition) is 0. The number of halogens is 1. The summed E-state index contributed by atoms with van der Waals surface area (Å²) in [5.41, 5.74) is 1.51. The van der Waals surface area contributed by atoms with Crippen LogP contribution in [-0.2, 0) is 0 Å². The third-order valence-corrected chi connectivity index (χ3v) is 3.69. The summed E-state index contributed by atoms with van der Waals surface area (Å²) in [5, 5.41) is 2.26. The zero-order valence-electron chi connectivity index (χ0n) is 10.8. The van der Waals surface area contributed by atoms with Crippen molar-refractivity contribution in [2.24, 2.45) is 0 Å². The average Bonchev–Trinajstić information content (AvgIpc) is 2.98. The van der Waals surface area contributed by atoms with Gasteiger partial charge in [-0.3, -0.25) is 14.3 Å². The highest BCUT2D eigenvalue weighted by Crippen LogP contribution is 2.27. The topological polar surface area (TPSA) is 48.0 Å². The van der Waals surface area contributed by atoms with Crippen molar-refractivity contribution in [3.05, 3.63) is 70.4 Å². The Morgan fingerprint density at radius 3 is 2.86 bits per heavy atom. The maximum absolute atomic E-state index is 12.7. The van der Waals surface area contributed by atoms with Crippen molar-refractivity contribution in [3.63, 3.8) is 0 Å². The van der Waals surface area contributed by atoms with Gasteiger partial charge in [0.1, 0.15) is 0 Å². The fourth-order valence-electron chi connectivity index (χ4n) is 2.56. The van der Waals surface area contributed by atoms with Crippen molar-refractivity contribution in [2.45, 2.75) is 0 Å². The number of fused-ring (bicyclic) bond motifs is 3. The molecule has 0 radical (unpaired) electrons. The molecule has 0 fully saturated rings. The van der Waals surface area contributed by atoms with E-state index in [1.165, 1.54) is 6.26 Å². The lowest BCUT2D eigenvalue weighted by Crippen LogP contribution is -2.18. The van der Waals surface area contributed by atoms with Gasteiger partial charge in [-0.25, -0.2) is 0 Å². The molecule has 0 N–H and O–H groups in total. The molecule has 5 heteroatoms. The summed E-state index contributed by atoms with van der Waals surface area (Å²) in [4.78, 5) is 16.8. The van der Waals surface area contributed by atoms with Crippen molar-refractivity contribution < 1.29 is 4.42 Å². The summed E-state index contributed by atoms with van der Waals surface area (Å²) < 4.78 is 6.93. The van der Waals surface area contributed by atoms with Gasteiger partial charge in [-0.1, -0.05) is 17.7 Å². The van der Waals surface area contributed by atoms with E-state index in [-0.39, 0.29) is 5.56 Å². The minimum absolute atomic E-state index is 0.224. The zero-order valence-corrected chi connectivity index (χ0v) is 11.5. The van der Waals surface area contributed by atoms with Gasteiger partial charge in [0.2, 0.25) is 0 Å². The molecule has 0 saturated carbocycles. The van der Waals surface area contributed by atoms with E-state index in [2.05, 4.69) is 4.98 Å². The minimum atomic E-state index is -0.224. The van der Waals surface area contributed by atoms with Gasteiger partial charge in [0.15, 0.2) is 5.58 Å². The van der Waals surface area contributed by atoms with Crippen LogP contribution in [0.2, 0.25) is 5.02 Å². The van der Waals surface area contributed by atoms with Crippen LogP contribution in [0.5, 0.6) is 0 Å². The Balaban J connectivity index is 2.28. The number of benzene rings is 1. The second-order valence-corrected chi connectivity index (χ2v) is 5.11. The molecule has 0 unspecified atom stereocenters. The molecule has 4 aromatic rings. The van der Waals surface area contributed by atoms with Crippen LogP contribution in [-0.4, -0.2) is 9.55 Å². The molecule has 4 rings (SSSR count). The van der Waals surface area contributed by atoms with Crippen LogP contribution in [0, 0.1) is 0 Å². The molecule has 0 amide bonds. The third kappa shape index (κ3) is 1.76. The Morgan fingerprint density at radius 1 is 1.14 bits per heavy atom. The van der Waals surface area contributed by atoms with E-state index in [1.807, 2.05) is 12.1 Å². The van der Waals surface area contributed by atoms with Crippen molar-refractivity contribution in [1.29, 1.82) is 0 Å². The quantitative estimate of drug-likeness (QED) is 0.537. The molecule has 21 heavy (non-hydrogen) atoms. The summed E-state index contributed by atoms with van der Waals surface area (Å²) in [6.45, 7) is 0. The van der Waals surface area contributed by atoms with E-state index in [9.17, 15) is 4.79 Å². The summed E-state index contributed by atoms with van der Waals surface area (Å²) in [6.07, 6.45) is 4.82. The SMILES string of the molecule is O=c1c2occc2c2ccc(Cl)cc2n1-c1cccnc1. The maximum Gasteiger partial charge on any atom is 0.299 e. The Hall–Kier alpha value is -2.59. The van der Waals surface area contributed by atoms with Gasteiger partial charge >= 0.3 is 0 Å². The number of rotatable bonds is 1. The summed E-state index contributed by atoms with van der Waals surface area (Å²) >= 11 is 6.10. The van der Waals surface area contributed by atoms with E-state index in [4.69, 9.17) is 16.0 Å². The molecular formula is C16H9ClN2O2. The number of pyridine rings is 2. The first kappa shape index (κ1) is 12.2. The normalized spacial score (nSPS) is 11.3. The lowest BCUT2D eigenvalue weighted by molar-refractivity contribution is 0.609. The first-order valence-corrected chi connectivity index (χ1v) is 6.75. The molecule has 0 aliphatic rings. The van der Waals surface area contributed by atoms with Crippen LogP contribution in [0.15, 0.2) is 64.3 Å². The number of aromatic nitrogens is 2. The predicted molar refractivity (Wildman–Crippen MR) is 82.1 cm³/mol. The molecule has 0 aliphatic heterocycles. The standard InChI is InChI=1S/C16H9ClN2O2/c17-10-3-4-12-13-5-7-21-15(13)16(20)19(14(12)8-10)11-2-1-6-18-9-11/h1-9H. The predicted octanol–water partition coefficient (Wildman–Crippen LogP) is 3.79. The Kier molecular flexibility index (Phi) is 2.59. The second-order valence-electron chi connectivity index (χ2n) is 4.68. The summed E-state index contributed by atoms with van der Waals surface area (Å²) in [6, 6.07) is 10.9. The van der Waals surface area contributed by atoms with Crippen LogP contribution in [0.25, 0.3) is 27.6 Å². The molecule has 3 aromatic heterocycles.